The fourth-order valence-electron chi connectivity index (χ4n) is 3.54. The topological polar surface area (TPSA) is 41.1 Å². The highest BCUT2D eigenvalue weighted by Crippen LogP contribution is 2.40. The Hall–Kier alpha value is -2.55. The zero-order chi connectivity index (χ0) is 16.0. The third-order valence-corrected chi connectivity index (χ3v) is 4.96. The first kappa shape index (κ1) is 14.1. The van der Waals surface area contributed by atoms with Gasteiger partial charge in [0.2, 0.25) is 5.91 Å². The maximum Gasteiger partial charge on any atom is 0.225 e. The van der Waals surface area contributed by atoms with E-state index in [2.05, 4.69) is 54.8 Å². The summed E-state index contributed by atoms with van der Waals surface area (Å²) in [7, 11) is 0. The van der Waals surface area contributed by atoms with Gasteiger partial charge in [0.15, 0.2) is 0 Å². The molecule has 2 heterocycles. The molecule has 1 atom stereocenters. The molecular formula is C20H20N2O. The van der Waals surface area contributed by atoms with Crippen LogP contribution in [0.3, 0.4) is 0 Å². The van der Waals surface area contributed by atoms with Crippen LogP contribution in [0.1, 0.15) is 34.7 Å². The normalized spacial score (nSPS) is 19.6. The van der Waals surface area contributed by atoms with Gasteiger partial charge >= 0.3 is 0 Å². The molecule has 0 spiro atoms. The molecule has 23 heavy (non-hydrogen) atoms. The number of hydrogen-bond donors (Lipinski definition) is 2. The molecule has 116 valence electrons. The molecule has 1 unspecified atom stereocenters. The van der Waals surface area contributed by atoms with Crippen LogP contribution in [0.15, 0.2) is 48.0 Å². The molecule has 0 saturated heterocycles. The number of carbonyl (C=O) groups excluding carboxylic acids is 1. The third kappa shape index (κ3) is 2.33. The smallest absolute Gasteiger partial charge is 0.225 e. The lowest BCUT2D eigenvalue weighted by molar-refractivity contribution is -0.120. The molecule has 1 amide bonds. The minimum atomic E-state index is -0.0357. The van der Waals surface area contributed by atoms with Crippen LogP contribution in [0.5, 0.6) is 0 Å². The molecule has 2 aliphatic heterocycles. The average molecular weight is 304 g/mol. The van der Waals surface area contributed by atoms with Crippen molar-refractivity contribution >= 4 is 17.2 Å². The lowest BCUT2D eigenvalue weighted by atomic mass is 9.83. The van der Waals surface area contributed by atoms with E-state index in [1.807, 2.05) is 12.1 Å². The first-order valence-corrected chi connectivity index (χ1v) is 8.05. The van der Waals surface area contributed by atoms with Crippen LogP contribution in [0.4, 0.5) is 5.69 Å². The molecular weight excluding hydrogens is 284 g/mol. The monoisotopic (exact) mass is 304 g/mol. The Morgan fingerprint density at radius 1 is 1.04 bits per heavy atom. The van der Waals surface area contributed by atoms with Gasteiger partial charge in [-0.2, -0.15) is 0 Å². The van der Waals surface area contributed by atoms with Crippen LogP contribution in [0, 0.1) is 13.8 Å². The number of carbonyl (C=O) groups is 1. The summed E-state index contributed by atoms with van der Waals surface area (Å²) in [6, 6.07) is 14.7. The number of benzene rings is 2. The molecule has 0 aliphatic carbocycles. The van der Waals surface area contributed by atoms with Gasteiger partial charge in [0.1, 0.15) is 0 Å². The minimum absolute atomic E-state index is 0.0357. The van der Waals surface area contributed by atoms with Crippen LogP contribution in [0.25, 0.3) is 5.57 Å². The Labute approximate surface area is 136 Å². The van der Waals surface area contributed by atoms with E-state index >= 15 is 0 Å². The van der Waals surface area contributed by atoms with Gasteiger partial charge < -0.3 is 10.6 Å². The highest BCUT2D eigenvalue weighted by molar-refractivity contribution is 5.97. The molecule has 2 aliphatic rings. The Morgan fingerprint density at radius 3 is 2.70 bits per heavy atom. The predicted molar refractivity (Wildman–Crippen MR) is 93.3 cm³/mol. The van der Waals surface area contributed by atoms with Crippen molar-refractivity contribution in [1.29, 1.82) is 0 Å². The third-order valence-electron chi connectivity index (χ3n) is 4.96. The highest BCUT2D eigenvalue weighted by Gasteiger charge is 2.31. The molecule has 2 N–H and O–H groups in total. The largest absolute Gasteiger partial charge is 0.381 e. The SMILES string of the molecule is Cc1ccc(C2NC(=O)CC3=C2CNc2ccccc23)cc1C. The van der Waals surface area contributed by atoms with Gasteiger partial charge in [-0.1, -0.05) is 36.4 Å². The number of hydrogen-bond acceptors (Lipinski definition) is 2. The van der Waals surface area contributed by atoms with Gasteiger partial charge in [0, 0.05) is 17.8 Å². The van der Waals surface area contributed by atoms with E-state index in [1.165, 1.54) is 22.3 Å². The number of anilines is 1. The van der Waals surface area contributed by atoms with E-state index in [4.69, 9.17) is 0 Å². The summed E-state index contributed by atoms with van der Waals surface area (Å²) >= 11 is 0. The number of fused-ring (bicyclic) bond motifs is 2. The van der Waals surface area contributed by atoms with Gasteiger partial charge in [-0.15, -0.1) is 0 Å². The lowest BCUT2D eigenvalue weighted by Gasteiger charge is -2.34. The first-order valence-electron chi connectivity index (χ1n) is 8.05. The summed E-state index contributed by atoms with van der Waals surface area (Å²) < 4.78 is 0. The van der Waals surface area contributed by atoms with Crippen molar-refractivity contribution in [2.24, 2.45) is 0 Å². The molecule has 0 saturated carbocycles. The molecule has 0 radical (unpaired) electrons. The Bertz CT molecular complexity index is 835. The van der Waals surface area contributed by atoms with Crippen molar-refractivity contribution in [3.8, 4) is 0 Å². The summed E-state index contributed by atoms with van der Waals surface area (Å²) in [4.78, 5) is 12.3. The number of para-hydroxylation sites is 1. The van der Waals surface area contributed by atoms with Crippen LogP contribution in [-0.2, 0) is 4.79 Å². The van der Waals surface area contributed by atoms with Crippen molar-refractivity contribution < 1.29 is 4.79 Å². The number of rotatable bonds is 1. The van der Waals surface area contributed by atoms with Crippen molar-refractivity contribution in [3.05, 3.63) is 70.3 Å². The van der Waals surface area contributed by atoms with Crippen LogP contribution in [-0.4, -0.2) is 12.5 Å². The maximum atomic E-state index is 12.3. The van der Waals surface area contributed by atoms with Crippen molar-refractivity contribution in [2.75, 3.05) is 11.9 Å². The zero-order valence-electron chi connectivity index (χ0n) is 13.4. The molecule has 0 fully saturated rings. The van der Waals surface area contributed by atoms with Crippen LogP contribution >= 0.6 is 0 Å². The molecule has 2 aromatic carbocycles. The fraction of sp³-hybridized carbons (Fsp3) is 0.250. The second kappa shape index (κ2) is 5.27. The first-order chi connectivity index (χ1) is 11.1. The number of aryl methyl sites for hydroxylation is 2. The van der Waals surface area contributed by atoms with Gasteiger partial charge in [0.05, 0.1) is 12.5 Å². The zero-order valence-corrected chi connectivity index (χ0v) is 13.4. The number of nitrogens with one attached hydrogen (secondary N) is 2. The van der Waals surface area contributed by atoms with Crippen molar-refractivity contribution in [3.63, 3.8) is 0 Å². The Kier molecular flexibility index (Phi) is 3.22. The summed E-state index contributed by atoms with van der Waals surface area (Å²) in [6.07, 6.45) is 0.468. The van der Waals surface area contributed by atoms with E-state index in [1.54, 1.807) is 0 Å². The van der Waals surface area contributed by atoms with Crippen LogP contribution < -0.4 is 10.6 Å². The van der Waals surface area contributed by atoms with Gasteiger partial charge in [-0.3, -0.25) is 4.79 Å². The quantitative estimate of drug-likeness (QED) is 0.842. The molecule has 3 nitrogen and oxygen atoms in total. The van der Waals surface area contributed by atoms with Gasteiger partial charge in [0.25, 0.3) is 0 Å². The average Bonchev–Trinajstić information content (AvgIpc) is 2.56. The Morgan fingerprint density at radius 2 is 1.87 bits per heavy atom. The van der Waals surface area contributed by atoms with Gasteiger partial charge in [-0.25, -0.2) is 0 Å². The second-order valence-corrected chi connectivity index (χ2v) is 6.42. The summed E-state index contributed by atoms with van der Waals surface area (Å²) in [5, 5.41) is 6.67. The van der Waals surface area contributed by atoms with E-state index in [-0.39, 0.29) is 11.9 Å². The molecule has 3 heteroatoms. The highest BCUT2D eigenvalue weighted by atomic mass is 16.1. The van der Waals surface area contributed by atoms with E-state index in [0.717, 1.165) is 23.4 Å². The van der Waals surface area contributed by atoms with Crippen molar-refractivity contribution in [2.45, 2.75) is 26.3 Å². The molecule has 4 rings (SSSR count). The van der Waals surface area contributed by atoms with Crippen LogP contribution in [0.2, 0.25) is 0 Å². The summed E-state index contributed by atoms with van der Waals surface area (Å²) in [5.74, 6) is 0.101. The fourth-order valence-corrected chi connectivity index (χ4v) is 3.54. The number of amides is 1. The predicted octanol–water partition coefficient (Wildman–Crippen LogP) is 3.74. The van der Waals surface area contributed by atoms with E-state index < -0.39 is 0 Å². The summed E-state index contributed by atoms with van der Waals surface area (Å²) in [5.41, 5.74) is 8.45. The maximum absolute atomic E-state index is 12.3. The Balaban J connectivity index is 1.85. The lowest BCUT2D eigenvalue weighted by Crippen LogP contribution is -2.37. The van der Waals surface area contributed by atoms with E-state index in [0.29, 0.717) is 6.42 Å². The standard InChI is InChI=1S/C20H20N2O/c1-12-7-8-14(9-13(12)2)20-17-11-21-18-6-4-3-5-15(18)16(17)10-19(23)22-20/h3-9,20-21H,10-11H2,1-2H3,(H,22,23). The minimum Gasteiger partial charge on any atom is -0.381 e. The summed E-state index contributed by atoms with van der Waals surface area (Å²) in [6.45, 7) is 5.01. The molecule has 0 aromatic heterocycles. The molecule has 0 bridgehead atoms. The molecule has 2 aromatic rings. The second-order valence-electron chi connectivity index (χ2n) is 6.42. The van der Waals surface area contributed by atoms with Crippen molar-refractivity contribution in [1.82, 2.24) is 5.32 Å². The van der Waals surface area contributed by atoms with E-state index in [9.17, 15) is 4.79 Å². The van der Waals surface area contributed by atoms with Gasteiger partial charge in [-0.05, 0) is 47.8 Å².